The SMILES string of the molecule is CNCNC(=O)c1nccc(-c2ccc(Oc3ccc(F)cc3)cc2)n1. The minimum atomic E-state index is -0.350. The lowest BCUT2D eigenvalue weighted by Gasteiger charge is -2.08. The van der Waals surface area contributed by atoms with Gasteiger partial charge in [-0.25, -0.2) is 14.4 Å². The second-order valence-electron chi connectivity index (χ2n) is 5.38. The summed E-state index contributed by atoms with van der Waals surface area (Å²) < 4.78 is 18.6. The number of benzene rings is 2. The summed E-state index contributed by atoms with van der Waals surface area (Å²) in [6.07, 6.45) is 1.54. The lowest BCUT2D eigenvalue weighted by Crippen LogP contribution is -2.32. The molecular formula is C19H17FN4O2. The molecular weight excluding hydrogens is 335 g/mol. The Morgan fingerprint density at radius 2 is 1.69 bits per heavy atom. The highest BCUT2D eigenvalue weighted by molar-refractivity contribution is 5.90. The highest BCUT2D eigenvalue weighted by Crippen LogP contribution is 2.25. The third kappa shape index (κ3) is 4.40. The standard InChI is InChI=1S/C19H17FN4O2/c1-21-12-23-19(25)18-22-11-10-17(24-18)13-2-6-15(7-3-13)26-16-8-4-14(20)5-9-16/h2-11,21H,12H2,1H3,(H,23,25). The minimum absolute atomic E-state index is 0.101. The van der Waals surface area contributed by atoms with Gasteiger partial charge in [0.1, 0.15) is 17.3 Å². The minimum Gasteiger partial charge on any atom is -0.457 e. The molecule has 3 aromatic rings. The van der Waals surface area contributed by atoms with Crippen molar-refractivity contribution in [2.45, 2.75) is 0 Å². The molecule has 3 rings (SSSR count). The molecule has 1 amide bonds. The van der Waals surface area contributed by atoms with Gasteiger partial charge < -0.3 is 15.4 Å². The molecule has 0 aliphatic carbocycles. The number of hydrogen-bond donors (Lipinski definition) is 2. The molecule has 2 aromatic carbocycles. The van der Waals surface area contributed by atoms with E-state index in [0.29, 0.717) is 23.9 Å². The summed E-state index contributed by atoms with van der Waals surface area (Å²) in [5.41, 5.74) is 1.45. The summed E-state index contributed by atoms with van der Waals surface area (Å²) in [7, 11) is 1.73. The van der Waals surface area contributed by atoms with Gasteiger partial charge in [-0.15, -0.1) is 0 Å². The Labute approximate surface area is 150 Å². The summed E-state index contributed by atoms with van der Waals surface area (Å²) in [5.74, 6) is 0.596. The molecule has 0 atom stereocenters. The maximum absolute atomic E-state index is 12.9. The number of carbonyl (C=O) groups excluding carboxylic acids is 1. The van der Waals surface area contributed by atoms with E-state index in [9.17, 15) is 9.18 Å². The van der Waals surface area contributed by atoms with E-state index in [4.69, 9.17) is 4.74 Å². The first-order chi connectivity index (χ1) is 12.7. The Bertz CT molecular complexity index is 883. The van der Waals surface area contributed by atoms with Gasteiger partial charge in [0.2, 0.25) is 5.82 Å². The summed E-state index contributed by atoms with van der Waals surface area (Å²) >= 11 is 0. The number of amides is 1. The van der Waals surface area contributed by atoms with Crippen molar-refractivity contribution < 1.29 is 13.9 Å². The second-order valence-corrected chi connectivity index (χ2v) is 5.38. The van der Waals surface area contributed by atoms with E-state index in [1.807, 2.05) is 12.1 Å². The van der Waals surface area contributed by atoms with Crippen LogP contribution in [0.4, 0.5) is 4.39 Å². The predicted octanol–water partition coefficient (Wildman–Crippen LogP) is 2.98. The van der Waals surface area contributed by atoms with Gasteiger partial charge in [-0.2, -0.15) is 0 Å². The van der Waals surface area contributed by atoms with Gasteiger partial charge >= 0.3 is 0 Å². The van der Waals surface area contributed by atoms with E-state index in [0.717, 1.165) is 5.56 Å². The first-order valence-corrected chi connectivity index (χ1v) is 7.95. The number of halogens is 1. The third-order valence-corrected chi connectivity index (χ3v) is 3.48. The van der Waals surface area contributed by atoms with Crippen LogP contribution in [0.5, 0.6) is 11.5 Å². The van der Waals surface area contributed by atoms with Crippen LogP contribution in [0.3, 0.4) is 0 Å². The van der Waals surface area contributed by atoms with Crippen LogP contribution in [-0.2, 0) is 0 Å². The Morgan fingerprint density at radius 1 is 1.04 bits per heavy atom. The monoisotopic (exact) mass is 352 g/mol. The maximum atomic E-state index is 12.9. The number of nitrogens with zero attached hydrogens (tertiary/aromatic N) is 2. The molecule has 0 aliphatic rings. The van der Waals surface area contributed by atoms with Crippen LogP contribution in [-0.4, -0.2) is 29.6 Å². The number of aromatic nitrogens is 2. The Hall–Kier alpha value is -3.32. The first-order valence-electron chi connectivity index (χ1n) is 7.95. The second kappa shape index (κ2) is 8.17. The molecule has 0 saturated carbocycles. The van der Waals surface area contributed by atoms with Crippen LogP contribution in [0.2, 0.25) is 0 Å². The third-order valence-electron chi connectivity index (χ3n) is 3.48. The van der Waals surface area contributed by atoms with Gasteiger partial charge in [-0.3, -0.25) is 4.79 Å². The zero-order valence-electron chi connectivity index (χ0n) is 14.1. The van der Waals surface area contributed by atoms with Crippen LogP contribution in [0.25, 0.3) is 11.3 Å². The molecule has 0 spiro atoms. The van der Waals surface area contributed by atoms with E-state index >= 15 is 0 Å². The molecule has 6 nitrogen and oxygen atoms in total. The number of carbonyl (C=O) groups is 1. The Kier molecular flexibility index (Phi) is 5.50. The molecule has 132 valence electrons. The molecule has 0 aliphatic heterocycles. The van der Waals surface area contributed by atoms with Crippen molar-refractivity contribution in [1.82, 2.24) is 20.6 Å². The van der Waals surface area contributed by atoms with Crippen LogP contribution in [0.1, 0.15) is 10.6 Å². The number of nitrogens with one attached hydrogen (secondary N) is 2. The van der Waals surface area contributed by atoms with Crippen molar-refractivity contribution in [2.24, 2.45) is 0 Å². The van der Waals surface area contributed by atoms with Crippen molar-refractivity contribution >= 4 is 5.91 Å². The molecule has 2 N–H and O–H groups in total. The largest absolute Gasteiger partial charge is 0.457 e. The molecule has 0 saturated heterocycles. The average molecular weight is 352 g/mol. The Morgan fingerprint density at radius 3 is 2.35 bits per heavy atom. The van der Waals surface area contributed by atoms with Crippen molar-refractivity contribution in [3.05, 3.63) is 72.4 Å². The maximum Gasteiger partial charge on any atom is 0.290 e. The lowest BCUT2D eigenvalue weighted by atomic mass is 10.1. The van der Waals surface area contributed by atoms with Gasteiger partial charge in [-0.1, -0.05) is 0 Å². The zero-order chi connectivity index (χ0) is 18.4. The van der Waals surface area contributed by atoms with Gasteiger partial charge in [0.05, 0.1) is 12.4 Å². The fraction of sp³-hybridized carbons (Fsp3) is 0.105. The lowest BCUT2D eigenvalue weighted by molar-refractivity contribution is 0.0941. The summed E-state index contributed by atoms with van der Waals surface area (Å²) in [5, 5.41) is 5.47. The van der Waals surface area contributed by atoms with E-state index in [1.165, 1.54) is 12.1 Å². The van der Waals surface area contributed by atoms with Crippen molar-refractivity contribution in [3.8, 4) is 22.8 Å². The van der Waals surface area contributed by atoms with E-state index < -0.39 is 0 Å². The van der Waals surface area contributed by atoms with Crippen LogP contribution in [0.15, 0.2) is 60.8 Å². The number of ether oxygens (including phenoxy) is 1. The number of rotatable bonds is 6. The molecule has 0 fully saturated rings. The molecule has 26 heavy (non-hydrogen) atoms. The molecule has 0 unspecified atom stereocenters. The summed E-state index contributed by atoms with van der Waals surface area (Å²) in [4.78, 5) is 20.2. The molecule has 1 aromatic heterocycles. The average Bonchev–Trinajstić information content (AvgIpc) is 2.68. The van der Waals surface area contributed by atoms with Gasteiger partial charge in [0, 0.05) is 11.8 Å². The van der Waals surface area contributed by atoms with Crippen molar-refractivity contribution in [1.29, 1.82) is 0 Å². The van der Waals surface area contributed by atoms with Gasteiger partial charge in [-0.05, 0) is 61.6 Å². The van der Waals surface area contributed by atoms with Gasteiger partial charge in [0.15, 0.2) is 0 Å². The quantitative estimate of drug-likeness (QED) is 0.667. The van der Waals surface area contributed by atoms with Crippen LogP contribution >= 0.6 is 0 Å². The fourth-order valence-electron chi connectivity index (χ4n) is 2.21. The molecule has 0 bridgehead atoms. The predicted molar refractivity (Wildman–Crippen MR) is 95.3 cm³/mol. The van der Waals surface area contributed by atoms with Crippen molar-refractivity contribution in [2.75, 3.05) is 13.7 Å². The normalized spacial score (nSPS) is 10.4. The fourth-order valence-corrected chi connectivity index (χ4v) is 2.21. The van der Waals surface area contributed by atoms with Crippen LogP contribution in [0, 0.1) is 5.82 Å². The zero-order valence-corrected chi connectivity index (χ0v) is 14.1. The highest BCUT2D eigenvalue weighted by Gasteiger charge is 2.10. The molecule has 7 heteroatoms. The van der Waals surface area contributed by atoms with E-state index in [-0.39, 0.29) is 17.5 Å². The topological polar surface area (TPSA) is 76.1 Å². The molecule has 1 heterocycles. The first kappa shape index (κ1) is 17.5. The van der Waals surface area contributed by atoms with Crippen molar-refractivity contribution in [3.63, 3.8) is 0 Å². The van der Waals surface area contributed by atoms with Gasteiger partial charge in [0.25, 0.3) is 5.91 Å². The highest BCUT2D eigenvalue weighted by atomic mass is 19.1. The number of hydrogen-bond acceptors (Lipinski definition) is 5. The summed E-state index contributed by atoms with van der Waals surface area (Å²) in [6.45, 7) is 0.335. The van der Waals surface area contributed by atoms with E-state index in [2.05, 4.69) is 20.6 Å². The smallest absolute Gasteiger partial charge is 0.290 e. The van der Waals surface area contributed by atoms with E-state index in [1.54, 1.807) is 43.6 Å². The molecule has 0 radical (unpaired) electrons. The van der Waals surface area contributed by atoms with Crippen LogP contribution < -0.4 is 15.4 Å². The Balaban J connectivity index is 1.74. The summed E-state index contributed by atoms with van der Waals surface area (Å²) in [6, 6.07) is 14.7.